The number of halogens is 1. The van der Waals surface area contributed by atoms with E-state index in [2.05, 4.69) is 46.7 Å². The smallest absolute Gasteiger partial charge is 0.126 e. The molecule has 4 nitrogen and oxygen atoms in total. The van der Waals surface area contributed by atoms with Crippen LogP contribution in [-0.2, 0) is 0 Å². The van der Waals surface area contributed by atoms with Gasteiger partial charge in [-0.05, 0) is 49.6 Å². The Labute approximate surface area is 170 Å². The lowest BCUT2D eigenvalue weighted by Crippen LogP contribution is -1.96. The minimum absolute atomic E-state index is 0. The molecule has 142 valence electrons. The number of aryl methyl sites for hydroxylation is 2. The summed E-state index contributed by atoms with van der Waals surface area (Å²) in [6.45, 7) is 4.07. The topological polar surface area (TPSA) is 46.5 Å². The first-order valence-corrected chi connectivity index (χ1v) is 8.88. The highest BCUT2D eigenvalue weighted by Gasteiger charge is 2.06. The zero-order valence-corrected chi connectivity index (χ0v) is 16.9. The third kappa shape index (κ3) is 3.78. The van der Waals surface area contributed by atoms with E-state index >= 15 is 0 Å². The van der Waals surface area contributed by atoms with Gasteiger partial charge in [0.25, 0.3) is 0 Å². The number of anilines is 1. The number of hydrazone groups is 1. The summed E-state index contributed by atoms with van der Waals surface area (Å²) < 4.78 is 5.46. The van der Waals surface area contributed by atoms with Gasteiger partial charge < -0.3 is 4.74 Å². The molecule has 0 aliphatic rings. The monoisotopic (exact) mass is 391 g/mol. The third-order valence-electron chi connectivity index (χ3n) is 4.62. The lowest BCUT2D eigenvalue weighted by molar-refractivity contribution is 0.420. The van der Waals surface area contributed by atoms with E-state index in [1.54, 1.807) is 7.11 Å². The van der Waals surface area contributed by atoms with E-state index in [4.69, 9.17) is 4.74 Å². The lowest BCUT2D eigenvalue weighted by Gasteiger charge is -2.09. The first-order chi connectivity index (χ1) is 13.2. The third-order valence-corrected chi connectivity index (χ3v) is 4.62. The maximum absolute atomic E-state index is 5.46. The van der Waals surface area contributed by atoms with Gasteiger partial charge in [-0.1, -0.05) is 35.9 Å². The van der Waals surface area contributed by atoms with Gasteiger partial charge in [-0.15, -0.1) is 12.4 Å². The molecule has 3 aromatic carbocycles. The van der Waals surface area contributed by atoms with E-state index in [0.29, 0.717) is 0 Å². The fourth-order valence-electron chi connectivity index (χ4n) is 3.32. The Kier molecular flexibility index (Phi) is 5.81. The molecule has 1 heterocycles. The fraction of sp³-hybridized carbons (Fsp3) is 0.130. The van der Waals surface area contributed by atoms with Crippen LogP contribution in [-0.4, -0.2) is 18.3 Å². The van der Waals surface area contributed by atoms with Gasteiger partial charge in [0.1, 0.15) is 5.75 Å². The Hall–Kier alpha value is -3.11. The van der Waals surface area contributed by atoms with E-state index in [0.717, 1.165) is 44.4 Å². The van der Waals surface area contributed by atoms with Crippen molar-refractivity contribution < 1.29 is 4.74 Å². The molecule has 0 fully saturated rings. The first kappa shape index (κ1) is 19.6. The average Bonchev–Trinajstić information content (AvgIpc) is 2.68. The zero-order chi connectivity index (χ0) is 18.8. The van der Waals surface area contributed by atoms with Crippen LogP contribution in [0.5, 0.6) is 5.75 Å². The van der Waals surface area contributed by atoms with Crippen molar-refractivity contribution in [1.82, 2.24) is 4.98 Å². The number of pyridine rings is 1. The molecule has 0 radical (unpaired) electrons. The first-order valence-electron chi connectivity index (χ1n) is 8.88. The van der Waals surface area contributed by atoms with Crippen LogP contribution in [0, 0.1) is 13.8 Å². The van der Waals surface area contributed by atoms with Crippen LogP contribution in [0.4, 0.5) is 5.69 Å². The molecule has 0 saturated carbocycles. The van der Waals surface area contributed by atoms with Crippen molar-refractivity contribution in [3.63, 3.8) is 0 Å². The summed E-state index contributed by atoms with van der Waals surface area (Å²) in [5, 5.41) is 7.74. The van der Waals surface area contributed by atoms with Crippen molar-refractivity contribution in [2.75, 3.05) is 12.5 Å². The highest BCUT2D eigenvalue weighted by atomic mass is 35.5. The molecule has 0 aliphatic carbocycles. The van der Waals surface area contributed by atoms with Crippen LogP contribution in [0.25, 0.3) is 21.7 Å². The predicted molar refractivity (Wildman–Crippen MR) is 120 cm³/mol. The number of rotatable bonds is 4. The van der Waals surface area contributed by atoms with E-state index < -0.39 is 0 Å². The van der Waals surface area contributed by atoms with Gasteiger partial charge in [-0.3, -0.25) is 10.4 Å². The number of methoxy groups -OCH3 is 1. The summed E-state index contributed by atoms with van der Waals surface area (Å²) in [6, 6.07) is 20.4. The Morgan fingerprint density at radius 2 is 1.71 bits per heavy atom. The summed E-state index contributed by atoms with van der Waals surface area (Å²) in [6.07, 6.45) is 1.85. The number of fused-ring (bicyclic) bond motifs is 2. The van der Waals surface area contributed by atoms with E-state index in [-0.39, 0.29) is 12.4 Å². The van der Waals surface area contributed by atoms with E-state index in [1.807, 2.05) is 49.5 Å². The molecule has 0 amide bonds. The maximum Gasteiger partial charge on any atom is 0.126 e. The van der Waals surface area contributed by atoms with Crippen LogP contribution in [0.2, 0.25) is 0 Å². The van der Waals surface area contributed by atoms with Crippen LogP contribution in [0.15, 0.2) is 65.8 Å². The van der Waals surface area contributed by atoms with Gasteiger partial charge in [-0.2, -0.15) is 5.10 Å². The van der Waals surface area contributed by atoms with Gasteiger partial charge >= 0.3 is 0 Å². The Balaban J connectivity index is 0.00000225. The summed E-state index contributed by atoms with van der Waals surface area (Å²) >= 11 is 0. The molecule has 0 bridgehead atoms. The van der Waals surface area contributed by atoms with E-state index in [9.17, 15) is 0 Å². The standard InChI is InChI=1S/C23H21N3O.ClH/c1-15-8-10-21-20(12-15)22(13-16(2)25-21)26-24-14-17-9-11-23(27-3)19-7-5-4-6-18(17)19;/h4-14H,1-3H3,(H,25,26);1H. The molecular weight excluding hydrogens is 370 g/mol. The number of benzene rings is 3. The number of nitrogens with one attached hydrogen (secondary N) is 1. The van der Waals surface area contributed by atoms with Gasteiger partial charge in [0.2, 0.25) is 0 Å². The summed E-state index contributed by atoms with van der Waals surface area (Å²) in [5.41, 5.74) is 8.30. The average molecular weight is 392 g/mol. The molecular formula is C23H22ClN3O. The molecule has 0 spiro atoms. The normalized spacial score (nSPS) is 11.0. The Morgan fingerprint density at radius 1 is 0.929 bits per heavy atom. The maximum atomic E-state index is 5.46. The molecule has 28 heavy (non-hydrogen) atoms. The number of ether oxygens (including phenoxy) is 1. The SMILES string of the molecule is COc1ccc(C=NNc2cc(C)nc3ccc(C)cc23)c2ccccc12.Cl. The van der Waals surface area contributed by atoms with Crippen molar-refractivity contribution in [3.05, 3.63) is 77.5 Å². The predicted octanol–water partition coefficient (Wildman–Crippen LogP) is 5.88. The Bertz CT molecular complexity index is 1170. The van der Waals surface area contributed by atoms with Crippen molar-refractivity contribution in [2.45, 2.75) is 13.8 Å². The van der Waals surface area contributed by atoms with Crippen LogP contribution in [0.1, 0.15) is 16.8 Å². The molecule has 4 rings (SSSR count). The second-order valence-corrected chi connectivity index (χ2v) is 6.60. The molecule has 0 saturated heterocycles. The summed E-state index contributed by atoms with van der Waals surface area (Å²) in [5.74, 6) is 0.863. The van der Waals surface area contributed by atoms with Crippen LogP contribution >= 0.6 is 12.4 Å². The second kappa shape index (κ2) is 8.28. The highest BCUT2D eigenvalue weighted by Crippen LogP contribution is 2.28. The van der Waals surface area contributed by atoms with Gasteiger partial charge in [0.15, 0.2) is 0 Å². The molecule has 0 aliphatic heterocycles. The van der Waals surface area contributed by atoms with Gasteiger partial charge in [0, 0.05) is 22.0 Å². The Morgan fingerprint density at radius 3 is 2.50 bits per heavy atom. The fourth-order valence-corrected chi connectivity index (χ4v) is 3.32. The van der Waals surface area contributed by atoms with Crippen molar-refractivity contribution in [2.24, 2.45) is 5.10 Å². The second-order valence-electron chi connectivity index (χ2n) is 6.60. The molecule has 1 aromatic heterocycles. The van der Waals surface area contributed by atoms with Crippen molar-refractivity contribution in [1.29, 1.82) is 0 Å². The highest BCUT2D eigenvalue weighted by molar-refractivity contribution is 6.02. The van der Waals surface area contributed by atoms with E-state index in [1.165, 1.54) is 5.56 Å². The number of nitrogens with zero attached hydrogens (tertiary/aromatic N) is 2. The van der Waals surface area contributed by atoms with Gasteiger partial charge in [0.05, 0.1) is 24.5 Å². The molecule has 0 unspecified atom stereocenters. The molecule has 1 N–H and O–H groups in total. The quantitative estimate of drug-likeness (QED) is 0.349. The number of hydrogen-bond acceptors (Lipinski definition) is 4. The van der Waals surface area contributed by atoms with Crippen molar-refractivity contribution >= 4 is 46.0 Å². The van der Waals surface area contributed by atoms with Crippen LogP contribution in [0.3, 0.4) is 0 Å². The van der Waals surface area contributed by atoms with Crippen molar-refractivity contribution in [3.8, 4) is 5.75 Å². The summed E-state index contributed by atoms with van der Waals surface area (Å²) in [7, 11) is 1.69. The van der Waals surface area contributed by atoms with Gasteiger partial charge in [-0.25, -0.2) is 0 Å². The molecule has 5 heteroatoms. The van der Waals surface area contributed by atoms with Crippen LogP contribution < -0.4 is 10.2 Å². The largest absolute Gasteiger partial charge is 0.496 e. The summed E-state index contributed by atoms with van der Waals surface area (Å²) in [4.78, 5) is 4.60. The molecule has 4 aromatic rings. The zero-order valence-electron chi connectivity index (χ0n) is 16.1. The number of hydrogen-bond donors (Lipinski definition) is 1. The minimum atomic E-state index is 0. The molecule has 0 atom stereocenters. The lowest BCUT2D eigenvalue weighted by atomic mass is 10.0. The minimum Gasteiger partial charge on any atom is -0.496 e. The number of aromatic nitrogens is 1.